The zero-order valence-corrected chi connectivity index (χ0v) is 13.9. The lowest BCUT2D eigenvalue weighted by molar-refractivity contribution is 0.169. The number of nitrogens with one attached hydrogen (secondary N) is 1. The number of carbonyl (C=O) groups excluding carboxylic acids is 1. The number of rotatable bonds is 4. The smallest absolute Gasteiger partial charge is 0.322 e. The number of aromatic nitrogens is 1. The van der Waals surface area contributed by atoms with Crippen LogP contribution in [0, 0.1) is 0 Å². The van der Waals surface area contributed by atoms with E-state index in [1.54, 1.807) is 24.5 Å². The van der Waals surface area contributed by atoms with E-state index in [4.69, 9.17) is 0 Å². The van der Waals surface area contributed by atoms with E-state index in [0.29, 0.717) is 12.1 Å². The average molecular weight is 349 g/mol. The SMILES string of the molecule is O=C(Nc1cccc2cnccc12)N(CCO)C1CCS(=O)(=O)C1. The van der Waals surface area contributed by atoms with Crippen molar-refractivity contribution in [3.63, 3.8) is 0 Å². The molecule has 0 bridgehead atoms. The molecule has 24 heavy (non-hydrogen) atoms. The maximum Gasteiger partial charge on any atom is 0.322 e. The number of aliphatic hydroxyl groups excluding tert-OH is 1. The maximum atomic E-state index is 12.6. The predicted molar refractivity (Wildman–Crippen MR) is 91.6 cm³/mol. The third-order valence-electron chi connectivity index (χ3n) is 4.17. The van der Waals surface area contributed by atoms with E-state index in [9.17, 15) is 18.3 Å². The molecule has 1 aromatic carbocycles. The molecule has 2 amide bonds. The standard InChI is InChI=1S/C16H19N3O4S/c20-8-7-19(13-5-9-24(22,23)11-13)16(21)18-15-3-1-2-12-10-17-6-4-14(12)15/h1-4,6,10,13,20H,5,7-9,11H2,(H,18,21). The van der Waals surface area contributed by atoms with Crippen LogP contribution >= 0.6 is 0 Å². The molecule has 1 fully saturated rings. The first-order chi connectivity index (χ1) is 11.5. The lowest BCUT2D eigenvalue weighted by Crippen LogP contribution is -2.45. The Kier molecular flexibility index (Phi) is 4.68. The Labute approximate surface area is 140 Å². The fourth-order valence-corrected chi connectivity index (χ4v) is 4.73. The highest BCUT2D eigenvalue weighted by Crippen LogP contribution is 2.24. The quantitative estimate of drug-likeness (QED) is 0.865. The fourth-order valence-electron chi connectivity index (χ4n) is 3.00. The second kappa shape index (κ2) is 6.74. The summed E-state index contributed by atoms with van der Waals surface area (Å²) in [4.78, 5) is 18.1. The molecule has 1 aliphatic rings. The van der Waals surface area contributed by atoms with Crippen molar-refractivity contribution in [2.75, 3.05) is 30.0 Å². The summed E-state index contributed by atoms with van der Waals surface area (Å²) in [6.45, 7) is -0.123. The van der Waals surface area contributed by atoms with Crippen LogP contribution in [0.15, 0.2) is 36.7 Å². The molecule has 3 rings (SSSR count). The maximum absolute atomic E-state index is 12.6. The van der Waals surface area contributed by atoms with Gasteiger partial charge in [0.1, 0.15) is 0 Å². The van der Waals surface area contributed by atoms with E-state index >= 15 is 0 Å². The summed E-state index contributed by atoms with van der Waals surface area (Å²) in [5.41, 5.74) is 0.628. The predicted octanol–water partition coefficient (Wildman–Crippen LogP) is 1.25. The Hall–Kier alpha value is -2.19. The van der Waals surface area contributed by atoms with Crippen molar-refractivity contribution in [3.05, 3.63) is 36.7 Å². The van der Waals surface area contributed by atoms with Gasteiger partial charge in [0.15, 0.2) is 9.84 Å². The zero-order chi connectivity index (χ0) is 17.2. The highest BCUT2D eigenvalue weighted by atomic mass is 32.2. The minimum atomic E-state index is -3.11. The first kappa shape index (κ1) is 16.7. The van der Waals surface area contributed by atoms with E-state index in [-0.39, 0.29) is 24.7 Å². The van der Waals surface area contributed by atoms with E-state index in [1.807, 2.05) is 12.1 Å². The summed E-state index contributed by atoms with van der Waals surface area (Å²) in [7, 11) is -3.11. The fraction of sp³-hybridized carbons (Fsp3) is 0.375. The number of aliphatic hydroxyl groups is 1. The van der Waals surface area contributed by atoms with E-state index in [0.717, 1.165) is 10.8 Å². The van der Waals surface area contributed by atoms with Crippen LogP contribution in [0.3, 0.4) is 0 Å². The summed E-state index contributed by atoms with van der Waals surface area (Å²) < 4.78 is 23.4. The number of benzene rings is 1. The minimum Gasteiger partial charge on any atom is -0.395 e. The van der Waals surface area contributed by atoms with Crippen molar-refractivity contribution in [1.29, 1.82) is 0 Å². The van der Waals surface area contributed by atoms with Crippen LogP contribution in [0.2, 0.25) is 0 Å². The first-order valence-corrected chi connectivity index (χ1v) is 9.54. The van der Waals surface area contributed by atoms with E-state index in [2.05, 4.69) is 10.3 Å². The van der Waals surface area contributed by atoms with Gasteiger partial charge >= 0.3 is 6.03 Å². The number of nitrogens with zero attached hydrogens (tertiary/aromatic N) is 2. The Morgan fingerprint density at radius 1 is 1.38 bits per heavy atom. The van der Waals surface area contributed by atoms with Gasteiger partial charge in [0, 0.05) is 35.8 Å². The Balaban J connectivity index is 1.83. The summed E-state index contributed by atoms with van der Waals surface area (Å²) >= 11 is 0. The van der Waals surface area contributed by atoms with Crippen LogP contribution in [-0.2, 0) is 9.84 Å². The Morgan fingerprint density at radius 3 is 2.92 bits per heavy atom. The van der Waals surface area contributed by atoms with Crippen LogP contribution in [0.5, 0.6) is 0 Å². The monoisotopic (exact) mass is 349 g/mol. The molecule has 1 atom stereocenters. The minimum absolute atomic E-state index is 0.0557. The summed E-state index contributed by atoms with van der Waals surface area (Å²) in [5, 5.41) is 13.8. The normalized spacial score (nSPS) is 19.3. The van der Waals surface area contributed by atoms with E-state index < -0.39 is 21.9 Å². The zero-order valence-electron chi connectivity index (χ0n) is 13.1. The number of amides is 2. The van der Waals surface area contributed by atoms with Crippen LogP contribution in [0.1, 0.15) is 6.42 Å². The molecule has 2 heterocycles. The number of hydrogen-bond acceptors (Lipinski definition) is 5. The van der Waals surface area contributed by atoms with Crippen molar-refractivity contribution in [3.8, 4) is 0 Å². The van der Waals surface area contributed by atoms with Gasteiger partial charge in [0.25, 0.3) is 0 Å². The summed E-state index contributed by atoms with van der Waals surface area (Å²) in [5.74, 6) is 0.0205. The number of urea groups is 1. The summed E-state index contributed by atoms with van der Waals surface area (Å²) in [6, 6.07) is 6.49. The molecule has 0 saturated carbocycles. The number of anilines is 1. The van der Waals surface area contributed by atoms with Crippen LogP contribution < -0.4 is 5.32 Å². The van der Waals surface area contributed by atoms with Crippen molar-refractivity contribution < 1.29 is 18.3 Å². The highest BCUT2D eigenvalue weighted by molar-refractivity contribution is 7.91. The van der Waals surface area contributed by atoms with Gasteiger partial charge in [-0.25, -0.2) is 13.2 Å². The second-order valence-corrected chi connectivity index (χ2v) is 8.04. The summed E-state index contributed by atoms with van der Waals surface area (Å²) in [6.07, 6.45) is 3.75. The number of fused-ring (bicyclic) bond motifs is 1. The third kappa shape index (κ3) is 3.49. The molecule has 2 N–H and O–H groups in total. The van der Waals surface area contributed by atoms with E-state index in [1.165, 1.54) is 4.90 Å². The van der Waals surface area contributed by atoms with Crippen molar-refractivity contribution in [2.24, 2.45) is 0 Å². The van der Waals surface area contributed by atoms with Gasteiger partial charge in [-0.15, -0.1) is 0 Å². The molecule has 8 heteroatoms. The van der Waals surface area contributed by atoms with Crippen molar-refractivity contribution in [2.45, 2.75) is 12.5 Å². The van der Waals surface area contributed by atoms with Crippen LogP contribution in [-0.4, -0.2) is 60.1 Å². The molecular weight excluding hydrogens is 330 g/mol. The lowest BCUT2D eigenvalue weighted by atomic mass is 10.1. The number of sulfone groups is 1. The molecular formula is C16H19N3O4S. The molecule has 1 aromatic heterocycles. The Bertz CT molecular complexity index is 848. The first-order valence-electron chi connectivity index (χ1n) is 7.72. The van der Waals surface area contributed by atoms with Crippen molar-refractivity contribution >= 4 is 32.3 Å². The number of carbonyl (C=O) groups is 1. The highest BCUT2D eigenvalue weighted by Gasteiger charge is 2.34. The van der Waals surface area contributed by atoms with Gasteiger partial charge in [0.2, 0.25) is 0 Å². The number of pyridine rings is 1. The van der Waals surface area contributed by atoms with Crippen LogP contribution in [0.4, 0.5) is 10.5 Å². The molecule has 128 valence electrons. The lowest BCUT2D eigenvalue weighted by Gasteiger charge is -2.28. The third-order valence-corrected chi connectivity index (χ3v) is 5.92. The van der Waals surface area contributed by atoms with Crippen molar-refractivity contribution in [1.82, 2.24) is 9.88 Å². The molecule has 7 nitrogen and oxygen atoms in total. The van der Waals surface area contributed by atoms with Gasteiger partial charge < -0.3 is 15.3 Å². The Morgan fingerprint density at radius 2 is 2.21 bits per heavy atom. The van der Waals surface area contributed by atoms with Gasteiger partial charge in [-0.2, -0.15) is 0 Å². The topological polar surface area (TPSA) is 99.6 Å². The molecule has 1 aliphatic heterocycles. The van der Waals surface area contributed by atoms with Gasteiger partial charge in [0.05, 0.1) is 23.8 Å². The molecule has 2 aromatic rings. The number of hydrogen-bond donors (Lipinski definition) is 2. The molecule has 1 saturated heterocycles. The van der Waals surface area contributed by atoms with Gasteiger partial charge in [-0.1, -0.05) is 12.1 Å². The molecule has 0 radical (unpaired) electrons. The largest absolute Gasteiger partial charge is 0.395 e. The molecule has 0 spiro atoms. The average Bonchev–Trinajstić information content (AvgIpc) is 2.92. The van der Waals surface area contributed by atoms with Gasteiger partial charge in [-0.05, 0) is 18.6 Å². The molecule has 1 unspecified atom stereocenters. The van der Waals surface area contributed by atoms with Crippen LogP contribution in [0.25, 0.3) is 10.8 Å². The molecule has 0 aliphatic carbocycles. The van der Waals surface area contributed by atoms with Gasteiger partial charge in [-0.3, -0.25) is 4.98 Å². The second-order valence-electron chi connectivity index (χ2n) is 5.81.